The van der Waals surface area contributed by atoms with Crippen molar-refractivity contribution in [1.29, 1.82) is 0 Å². The number of thiophene rings is 1. The predicted octanol–water partition coefficient (Wildman–Crippen LogP) is 5.27. The van der Waals surface area contributed by atoms with Crippen LogP contribution in [0.2, 0.25) is 4.34 Å². The van der Waals surface area contributed by atoms with Gasteiger partial charge in [-0.1, -0.05) is 27.5 Å². The number of furan rings is 1. The molecule has 3 aromatic rings. The van der Waals surface area contributed by atoms with Gasteiger partial charge in [0.2, 0.25) is 0 Å². The van der Waals surface area contributed by atoms with E-state index in [0.717, 1.165) is 36.0 Å². The molecule has 0 bridgehead atoms. The van der Waals surface area contributed by atoms with E-state index in [9.17, 15) is 0 Å². The molecule has 2 aromatic heterocycles. The Hall–Kier alpha value is -0.810. The molecule has 0 aliphatic heterocycles. The van der Waals surface area contributed by atoms with Crippen molar-refractivity contribution in [1.82, 2.24) is 0 Å². The first kappa shape index (κ1) is 13.2. The van der Waals surface area contributed by atoms with Gasteiger partial charge < -0.3 is 10.2 Å². The van der Waals surface area contributed by atoms with Gasteiger partial charge in [-0.25, -0.2) is 0 Å². The summed E-state index contributed by atoms with van der Waals surface area (Å²) in [5.74, 6) is 0.759. The van der Waals surface area contributed by atoms with E-state index in [4.69, 9.17) is 21.8 Å². The summed E-state index contributed by atoms with van der Waals surface area (Å²) < 4.78 is 7.67. The summed E-state index contributed by atoms with van der Waals surface area (Å²) in [5, 5.41) is 1.06. The van der Waals surface area contributed by atoms with Crippen molar-refractivity contribution in [2.75, 3.05) is 0 Å². The Labute approximate surface area is 128 Å². The number of nitrogens with two attached hydrogens (primary N) is 1. The van der Waals surface area contributed by atoms with Crippen LogP contribution in [0.1, 0.15) is 22.2 Å². The predicted molar refractivity (Wildman–Crippen MR) is 84.0 cm³/mol. The van der Waals surface area contributed by atoms with E-state index in [1.807, 2.05) is 37.3 Å². The molecule has 0 saturated carbocycles. The van der Waals surface area contributed by atoms with E-state index < -0.39 is 0 Å². The minimum Gasteiger partial charge on any atom is -0.459 e. The van der Waals surface area contributed by atoms with Crippen LogP contribution in [0.4, 0.5) is 0 Å². The summed E-state index contributed by atoms with van der Waals surface area (Å²) >= 11 is 10.9. The molecule has 0 radical (unpaired) electrons. The molecular formula is C14H11BrClNOS. The standard InChI is InChI=1S/C14H11BrClNOS/c1-7-4-9(15)5-8-6-10(18-14(7)8)13(17)11-2-3-12(16)19-11/h2-6,13H,17H2,1H3. The average Bonchev–Trinajstić information content (AvgIpc) is 2.94. The van der Waals surface area contributed by atoms with E-state index in [1.54, 1.807) is 0 Å². The number of benzene rings is 1. The lowest BCUT2D eigenvalue weighted by molar-refractivity contribution is 0.526. The molecule has 3 rings (SSSR count). The van der Waals surface area contributed by atoms with Crippen LogP contribution in [0.3, 0.4) is 0 Å². The minimum atomic E-state index is -0.275. The molecular weight excluding hydrogens is 346 g/mol. The molecule has 0 amide bonds. The summed E-state index contributed by atoms with van der Waals surface area (Å²) in [6, 6.07) is 9.57. The highest BCUT2D eigenvalue weighted by molar-refractivity contribution is 9.10. The summed E-state index contributed by atoms with van der Waals surface area (Å²) in [6.07, 6.45) is 0. The van der Waals surface area contributed by atoms with Gasteiger partial charge in [0.25, 0.3) is 0 Å². The first-order valence-corrected chi connectivity index (χ1v) is 7.74. The van der Waals surface area contributed by atoms with Gasteiger partial charge in [0, 0.05) is 14.7 Å². The van der Waals surface area contributed by atoms with Crippen molar-refractivity contribution >= 4 is 49.8 Å². The molecule has 1 unspecified atom stereocenters. The second-order valence-electron chi connectivity index (χ2n) is 4.41. The molecule has 0 aliphatic carbocycles. The number of fused-ring (bicyclic) bond motifs is 1. The van der Waals surface area contributed by atoms with Crippen molar-refractivity contribution < 1.29 is 4.42 Å². The number of halogens is 2. The normalized spacial score (nSPS) is 13.1. The third-order valence-corrected chi connectivity index (χ3v) is 4.76. The molecule has 19 heavy (non-hydrogen) atoms. The molecule has 1 atom stereocenters. The highest BCUT2D eigenvalue weighted by Gasteiger charge is 2.17. The quantitative estimate of drug-likeness (QED) is 0.679. The summed E-state index contributed by atoms with van der Waals surface area (Å²) in [5.41, 5.74) is 8.20. The summed E-state index contributed by atoms with van der Waals surface area (Å²) in [6.45, 7) is 2.02. The third-order valence-electron chi connectivity index (χ3n) is 2.99. The van der Waals surface area contributed by atoms with Crippen LogP contribution in [0.15, 0.2) is 39.2 Å². The maximum Gasteiger partial charge on any atom is 0.137 e. The zero-order valence-corrected chi connectivity index (χ0v) is 13.3. The molecule has 5 heteroatoms. The van der Waals surface area contributed by atoms with Crippen molar-refractivity contribution in [2.45, 2.75) is 13.0 Å². The minimum absolute atomic E-state index is 0.275. The van der Waals surface area contributed by atoms with E-state index in [2.05, 4.69) is 15.9 Å². The Bertz CT molecular complexity index is 749. The van der Waals surface area contributed by atoms with Gasteiger partial charge in [-0.15, -0.1) is 11.3 Å². The van der Waals surface area contributed by atoms with Gasteiger partial charge in [-0.05, 0) is 42.8 Å². The van der Waals surface area contributed by atoms with E-state index in [0.29, 0.717) is 0 Å². The van der Waals surface area contributed by atoms with Gasteiger partial charge in [0.15, 0.2) is 0 Å². The molecule has 0 spiro atoms. The van der Waals surface area contributed by atoms with Crippen molar-refractivity contribution in [2.24, 2.45) is 5.73 Å². The fourth-order valence-electron chi connectivity index (χ4n) is 2.09. The Morgan fingerprint density at radius 1 is 1.32 bits per heavy atom. The Morgan fingerprint density at radius 2 is 2.11 bits per heavy atom. The van der Waals surface area contributed by atoms with Crippen LogP contribution in [0, 0.1) is 6.92 Å². The van der Waals surface area contributed by atoms with Crippen molar-refractivity contribution in [3.63, 3.8) is 0 Å². The highest BCUT2D eigenvalue weighted by atomic mass is 79.9. The molecule has 0 fully saturated rings. The third kappa shape index (κ3) is 2.46. The van der Waals surface area contributed by atoms with Crippen LogP contribution < -0.4 is 5.73 Å². The molecule has 2 heterocycles. The monoisotopic (exact) mass is 355 g/mol. The fourth-order valence-corrected chi connectivity index (χ4v) is 3.75. The largest absolute Gasteiger partial charge is 0.459 e. The maximum atomic E-state index is 6.23. The Kier molecular flexibility index (Phi) is 3.43. The lowest BCUT2D eigenvalue weighted by Crippen LogP contribution is -2.08. The average molecular weight is 357 g/mol. The SMILES string of the molecule is Cc1cc(Br)cc2cc(C(N)c3ccc(Cl)s3)oc12. The zero-order chi connectivity index (χ0) is 13.6. The van der Waals surface area contributed by atoms with Gasteiger partial charge in [0.1, 0.15) is 11.3 Å². The highest BCUT2D eigenvalue weighted by Crippen LogP contribution is 2.34. The number of hydrogen-bond donors (Lipinski definition) is 1. The van der Waals surface area contributed by atoms with Crippen LogP contribution in [0.5, 0.6) is 0 Å². The first-order valence-electron chi connectivity index (χ1n) is 5.75. The molecule has 1 aromatic carbocycles. The molecule has 2 N–H and O–H groups in total. The molecule has 2 nitrogen and oxygen atoms in total. The number of hydrogen-bond acceptors (Lipinski definition) is 3. The lowest BCUT2D eigenvalue weighted by atomic mass is 10.1. The van der Waals surface area contributed by atoms with Crippen molar-refractivity contribution in [3.8, 4) is 0 Å². The second kappa shape index (κ2) is 4.94. The van der Waals surface area contributed by atoms with Crippen LogP contribution in [-0.2, 0) is 0 Å². The summed E-state index contributed by atoms with van der Waals surface area (Å²) in [7, 11) is 0. The maximum absolute atomic E-state index is 6.23. The molecule has 0 saturated heterocycles. The topological polar surface area (TPSA) is 39.2 Å². The fraction of sp³-hybridized carbons (Fsp3) is 0.143. The van der Waals surface area contributed by atoms with E-state index in [1.165, 1.54) is 11.3 Å². The van der Waals surface area contributed by atoms with Gasteiger partial charge in [0.05, 0.1) is 10.4 Å². The smallest absolute Gasteiger partial charge is 0.137 e. The van der Waals surface area contributed by atoms with Crippen LogP contribution >= 0.6 is 38.9 Å². The zero-order valence-electron chi connectivity index (χ0n) is 10.1. The van der Waals surface area contributed by atoms with E-state index in [-0.39, 0.29) is 6.04 Å². The van der Waals surface area contributed by atoms with Gasteiger partial charge in [-0.3, -0.25) is 0 Å². The van der Waals surface area contributed by atoms with Gasteiger partial charge in [-0.2, -0.15) is 0 Å². The summed E-state index contributed by atoms with van der Waals surface area (Å²) in [4.78, 5) is 1.00. The van der Waals surface area contributed by atoms with Crippen LogP contribution in [0.25, 0.3) is 11.0 Å². The lowest BCUT2D eigenvalue weighted by Gasteiger charge is -2.04. The molecule has 98 valence electrons. The van der Waals surface area contributed by atoms with Gasteiger partial charge >= 0.3 is 0 Å². The van der Waals surface area contributed by atoms with Crippen LogP contribution in [-0.4, -0.2) is 0 Å². The second-order valence-corrected chi connectivity index (χ2v) is 7.07. The first-order chi connectivity index (χ1) is 9.04. The number of rotatable bonds is 2. The van der Waals surface area contributed by atoms with Crippen molar-refractivity contribution in [3.05, 3.63) is 55.3 Å². The Morgan fingerprint density at radius 3 is 2.79 bits per heavy atom. The Balaban J connectivity index is 2.08. The number of aryl methyl sites for hydroxylation is 1. The molecule has 0 aliphatic rings. The van der Waals surface area contributed by atoms with E-state index >= 15 is 0 Å².